The molecule has 0 radical (unpaired) electrons. The van der Waals surface area contributed by atoms with Crippen LogP contribution in [-0.2, 0) is 11.3 Å². The number of carbonyl (C=O) groups excluding carboxylic acids is 1. The van der Waals surface area contributed by atoms with E-state index in [1.54, 1.807) is 6.07 Å². The first-order valence-electron chi connectivity index (χ1n) is 5.55. The lowest BCUT2D eigenvalue weighted by Crippen LogP contribution is -2.29. The highest BCUT2D eigenvalue weighted by Gasteiger charge is 2.05. The van der Waals surface area contributed by atoms with Crippen LogP contribution in [0.15, 0.2) is 22.7 Å². The molecule has 0 saturated carbocycles. The van der Waals surface area contributed by atoms with Crippen molar-refractivity contribution >= 4 is 21.8 Å². The predicted molar refractivity (Wildman–Crippen MR) is 70.8 cm³/mol. The number of carbonyl (C=O) groups is 1. The Bertz CT molecular complexity index is 383. The average Bonchev–Trinajstić information content (AvgIpc) is 2.34. The highest BCUT2D eigenvalue weighted by Crippen LogP contribution is 2.25. The van der Waals surface area contributed by atoms with E-state index in [0.29, 0.717) is 18.8 Å². The van der Waals surface area contributed by atoms with E-state index in [4.69, 9.17) is 10.5 Å². The second kappa shape index (κ2) is 7.29. The van der Waals surface area contributed by atoms with E-state index in [-0.39, 0.29) is 12.5 Å². The third-order valence-corrected chi connectivity index (χ3v) is 2.78. The van der Waals surface area contributed by atoms with Gasteiger partial charge in [0, 0.05) is 13.1 Å². The first kappa shape index (κ1) is 14.0. The van der Waals surface area contributed by atoms with Crippen LogP contribution in [0.1, 0.15) is 18.9 Å². The summed E-state index contributed by atoms with van der Waals surface area (Å²) >= 11 is 3.38. The van der Waals surface area contributed by atoms with Gasteiger partial charge in [0.1, 0.15) is 5.75 Å². The molecule has 0 spiro atoms. The van der Waals surface area contributed by atoms with Crippen LogP contribution >= 0.6 is 15.9 Å². The SMILES string of the molecule is CCCNC(=O)COc1ccc(CN)cc1Br. The summed E-state index contributed by atoms with van der Waals surface area (Å²) in [7, 11) is 0. The van der Waals surface area contributed by atoms with E-state index in [0.717, 1.165) is 16.5 Å². The minimum atomic E-state index is -0.110. The average molecular weight is 301 g/mol. The molecule has 0 atom stereocenters. The van der Waals surface area contributed by atoms with Crippen LogP contribution in [0.2, 0.25) is 0 Å². The van der Waals surface area contributed by atoms with Gasteiger partial charge in [-0.05, 0) is 40.0 Å². The Hall–Kier alpha value is -1.07. The second-order valence-corrected chi connectivity index (χ2v) is 4.46. The number of rotatable bonds is 6. The summed E-state index contributed by atoms with van der Waals surface area (Å²) in [5.74, 6) is 0.537. The Kier molecular flexibility index (Phi) is 6.00. The lowest BCUT2D eigenvalue weighted by molar-refractivity contribution is -0.123. The Balaban J connectivity index is 2.49. The number of nitrogens with one attached hydrogen (secondary N) is 1. The molecular weight excluding hydrogens is 284 g/mol. The van der Waals surface area contributed by atoms with Crippen molar-refractivity contribution in [3.8, 4) is 5.75 Å². The molecule has 94 valence electrons. The molecule has 1 aromatic carbocycles. The number of ether oxygens (including phenoxy) is 1. The third-order valence-electron chi connectivity index (χ3n) is 2.16. The molecule has 0 aliphatic carbocycles. The molecule has 17 heavy (non-hydrogen) atoms. The number of amides is 1. The summed E-state index contributed by atoms with van der Waals surface area (Å²) < 4.78 is 6.20. The molecule has 5 heteroatoms. The van der Waals surface area contributed by atoms with Crippen LogP contribution in [0.3, 0.4) is 0 Å². The molecule has 0 unspecified atom stereocenters. The van der Waals surface area contributed by atoms with Gasteiger partial charge in [0.2, 0.25) is 0 Å². The van der Waals surface area contributed by atoms with Gasteiger partial charge in [-0.3, -0.25) is 4.79 Å². The number of hydrogen-bond donors (Lipinski definition) is 2. The Morgan fingerprint density at radius 1 is 1.53 bits per heavy atom. The quantitative estimate of drug-likeness (QED) is 0.842. The van der Waals surface area contributed by atoms with Crippen molar-refractivity contribution in [2.45, 2.75) is 19.9 Å². The Labute approximate surface area is 110 Å². The fourth-order valence-corrected chi connectivity index (χ4v) is 1.79. The maximum absolute atomic E-state index is 11.3. The van der Waals surface area contributed by atoms with Gasteiger partial charge in [-0.25, -0.2) is 0 Å². The van der Waals surface area contributed by atoms with E-state index >= 15 is 0 Å². The van der Waals surface area contributed by atoms with E-state index < -0.39 is 0 Å². The topological polar surface area (TPSA) is 64.3 Å². The minimum absolute atomic E-state index is 0.0283. The van der Waals surface area contributed by atoms with Gasteiger partial charge in [-0.15, -0.1) is 0 Å². The first-order valence-corrected chi connectivity index (χ1v) is 6.34. The molecule has 0 saturated heterocycles. The normalized spacial score (nSPS) is 10.1. The molecule has 1 amide bonds. The van der Waals surface area contributed by atoms with Crippen molar-refractivity contribution in [2.75, 3.05) is 13.2 Å². The zero-order chi connectivity index (χ0) is 12.7. The lowest BCUT2D eigenvalue weighted by Gasteiger charge is -2.09. The number of nitrogens with two attached hydrogens (primary N) is 1. The van der Waals surface area contributed by atoms with E-state index in [1.807, 2.05) is 19.1 Å². The van der Waals surface area contributed by atoms with Gasteiger partial charge in [0.15, 0.2) is 6.61 Å². The van der Waals surface area contributed by atoms with Crippen molar-refractivity contribution in [1.82, 2.24) is 5.32 Å². The molecule has 0 bridgehead atoms. The monoisotopic (exact) mass is 300 g/mol. The number of hydrogen-bond acceptors (Lipinski definition) is 3. The summed E-state index contributed by atoms with van der Waals surface area (Å²) in [6.45, 7) is 3.19. The van der Waals surface area contributed by atoms with Gasteiger partial charge in [0.05, 0.1) is 4.47 Å². The van der Waals surface area contributed by atoms with Gasteiger partial charge >= 0.3 is 0 Å². The number of halogens is 1. The van der Waals surface area contributed by atoms with Gasteiger partial charge < -0.3 is 15.8 Å². The maximum atomic E-state index is 11.3. The van der Waals surface area contributed by atoms with E-state index in [9.17, 15) is 4.79 Å². The largest absolute Gasteiger partial charge is 0.483 e. The summed E-state index contributed by atoms with van der Waals surface area (Å²) in [6.07, 6.45) is 0.917. The fourth-order valence-electron chi connectivity index (χ4n) is 1.25. The molecule has 1 aromatic rings. The van der Waals surface area contributed by atoms with Crippen molar-refractivity contribution in [2.24, 2.45) is 5.73 Å². The smallest absolute Gasteiger partial charge is 0.257 e. The molecule has 0 aromatic heterocycles. The Morgan fingerprint density at radius 2 is 2.29 bits per heavy atom. The molecule has 4 nitrogen and oxygen atoms in total. The predicted octanol–water partition coefficient (Wildman–Crippen LogP) is 1.81. The van der Waals surface area contributed by atoms with Crippen molar-refractivity contribution in [3.05, 3.63) is 28.2 Å². The lowest BCUT2D eigenvalue weighted by atomic mass is 10.2. The van der Waals surface area contributed by atoms with E-state index in [1.165, 1.54) is 0 Å². The van der Waals surface area contributed by atoms with Crippen LogP contribution in [0.25, 0.3) is 0 Å². The Morgan fingerprint density at radius 3 is 2.88 bits per heavy atom. The zero-order valence-corrected chi connectivity index (χ0v) is 11.4. The highest BCUT2D eigenvalue weighted by molar-refractivity contribution is 9.10. The molecule has 0 fully saturated rings. The van der Waals surface area contributed by atoms with Crippen LogP contribution in [0.4, 0.5) is 0 Å². The molecule has 3 N–H and O–H groups in total. The summed E-state index contributed by atoms with van der Waals surface area (Å²) in [6, 6.07) is 5.57. The fraction of sp³-hybridized carbons (Fsp3) is 0.417. The van der Waals surface area contributed by atoms with Gasteiger partial charge in [-0.2, -0.15) is 0 Å². The standard InChI is InChI=1S/C12H17BrN2O2/c1-2-5-15-12(16)8-17-11-4-3-9(7-14)6-10(11)13/h3-4,6H,2,5,7-8,14H2,1H3,(H,15,16). The summed E-state index contributed by atoms with van der Waals surface area (Å²) in [4.78, 5) is 11.3. The zero-order valence-electron chi connectivity index (χ0n) is 9.83. The number of benzene rings is 1. The minimum Gasteiger partial charge on any atom is -0.483 e. The van der Waals surface area contributed by atoms with Crippen LogP contribution < -0.4 is 15.8 Å². The van der Waals surface area contributed by atoms with Gasteiger partial charge in [-0.1, -0.05) is 13.0 Å². The second-order valence-electron chi connectivity index (χ2n) is 3.61. The molecule has 0 heterocycles. The van der Waals surface area contributed by atoms with Crippen LogP contribution in [-0.4, -0.2) is 19.1 Å². The maximum Gasteiger partial charge on any atom is 0.257 e. The van der Waals surface area contributed by atoms with Gasteiger partial charge in [0.25, 0.3) is 5.91 Å². The molecule has 0 aliphatic heterocycles. The van der Waals surface area contributed by atoms with Crippen molar-refractivity contribution in [1.29, 1.82) is 0 Å². The molecule has 1 rings (SSSR count). The highest BCUT2D eigenvalue weighted by atomic mass is 79.9. The van der Waals surface area contributed by atoms with Crippen molar-refractivity contribution in [3.63, 3.8) is 0 Å². The molecular formula is C12H17BrN2O2. The molecule has 0 aliphatic rings. The first-order chi connectivity index (χ1) is 8.17. The summed E-state index contributed by atoms with van der Waals surface area (Å²) in [5.41, 5.74) is 6.53. The van der Waals surface area contributed by atoms with Crippen LogP contribution in [0.5, 0.6) is 5.75 Å². The van der Waals surface area contributed by atoms with E-state index in [2.05, 4.69) is 21.2 Å². The third kappa shape index (κ3) is 4.75. The van der Waals surface area contributed by atoms with Crippen molar-refractivity contribution < 1.29 is 9.53 Å². The van der Waals surface area contributed by atoms with Crippen LogP contribution in [0, 0.1) is 0 Å². The summed E-state index contributed by atoms with van der Waals surface area (Å²) in [5, 5.41) is 2.75.